The second kappa shape index (κ2) is 7.00. The fourth-order valence-electron chi connectivity index (χ4n) is 2.30. The fourth-order valence-corrected chi connectivity index (χ4v) is 2.30. The van der Waals surface area contributed by atoms with Crippen LogP contribution in [0, 0.1) is 0 Å². The quantitative estimate of drug-likeness (QED) is 0.625. The highest BCUT2D eigenvalue weighted by molar-refractivity contribution is 6.13. The van der Waals surface area contributed by atoms with Gasteiger partial charge in [-0.25, -0.2) is 9.79 Å². The van der Waals surface area contributed by atoms with Crippen molar-refractivity contribution in [2.24, 2.45) is 4.99 Å². The van der Waals surface area contributed by atoms with Crippen molar-refractivity contribution >= 4 is 17.9 Å². The molecule has 0 aromatic heterocycles. The number of aliphatic imine (C=N–C) groups is 1. The number of para-hydroxylation sites is 1. The summed E-state index contributed by atoms with van der Waals surface area (Å²) < 4.78 is 15.9. The van der Waals surface area contributed by atoms with E-state index >= 15 is 0 Å². The van der Waals surface area contributed by atoms with E-state index in [1.165, 1.54) is 0 Å². The smallest absolute Gasteiger partial charge is 0.363 e. The van der Waals surface area contributed by atoms with Crippen molar-refractivity contribution in [3.05, 3.63) is 65.4 Å². The van der Waals surface area contributed by atoms with Crippen LogP contribution in [0.2, 0.25) is 0 Å². The maximum absolute atomic E-state index is 12.1. The second-order valence-electron chi connectivity index (χ2n) is 5.04. The summed E-state index contributed by atoms with van der Waals surface area (Å²) >= 11 is 0. The molecule has 0 radical (unpaired) electrons. The van der Waals surface area contributed by atoms with Gasteiger partial charge in [0.25, 0.3) is 0 Å². The van der Waals surface area contributed by atoms with Crippen LogP contribution in [0.1, 0.15) is 18.1 Å². The SMILES string of the molecule is CCOc1ccccc1C=C1N=C(c2ccc(OC)cc2)OC1=O. The van der Waals surface area contributed by atoms with Crippen LogP contribution >= 0.6 is 0 Å². The Labute approximate surface area is 140 Å². The highest BCUT2D eigenvalue weighted by Gasteiger charge is 2.24. The minimum Gasteiger partial charge on any atom is -0.497 e. The number of esters is 1. The van der Waals surface area contributed by atoms with Gasteiger partial charge in [0.1, 0.15) is 11.5 Å². The summed E-state index contributed by atoms with van der Waals surface area (Å²) in [5.41, 5.74) is 1.74. The molecular formula is C19H17NO4. The van der Waals surface area contributed by atoms with Gasteiger partial charge in [-0.1, -0.05) is 18.2 Å². The third-order valence-electron chi connectivity index (χ3n) is 3.47. The summed E-state index contributed by atoms with van der Waals surface area (Å²) in [6.45, 7) is 2.46. The van der Waals surface area contributed by atoms with Crippen LogP contribution in [0.15, 0.2) is 59.2 Å². The average Bonchev–Trinajstić information content (AvgIpc) is 2.98. The lowest BCUT2D eigenvalue weighted by Crippen LogP contribution is -2.05. The Balaban J connectivity index is 1.91. The molecule has 1 aliphatic rings. The maximum atomic E-state index is 12.1. The van der Waals surface area contributed by atoms with Crippen molar-refractivity contribution in [3.8, 4) is 11.5 Å². The Hall–Kier alpha value is -3.08. The third-order valence-corrected chi connectivity index (χ3v) is 3.47. The Kier molecular flexibility index (Phi) is 4.61. The molecule has 0 unspecified atom stereocenters. The van der Waals surface area contributed by atoms with Crippen LogP contribution in [0.25, 0.3) is 6.08 Å². The number of methoxy groups -OCH3 is 1. The van der Waals surface area contributed by atoms with Crippen LogP contribution in [0.5, 0.6) is 11.5 Å². The molecule has 0 aliphatic carbocycles. The minimum atomic E-state index is -0.480. The largest absolute Gasteiger partial charge is 0.497 e. The van der Waals surface area contributed by atoms with Gasteiger partial charge in [0.05, 0.1) is 13.7 Å². The number of carbonyl (C=O) groups excluding carboxylic acids is 1. The van der Waals surface area contributed by atoms with Crippen molar-refractivity contribution in [3.63, 3.8) is 0 Å². The first kappa shape index (κ1) is 15.8. The zero-order chi connectivity index (χ0) is 16.9. The lowest BCUT2D eigenvalue weighted by atomic mass is 10.1. The van der Waals surface area contributed by atoms with Crippen molar-refractivity contribution in [2.75, 3.05) is 13.7 Å². The first-order valence-corrected chi connectivity index (χ1v) is 7.60. The van der Waals surface area contributed by atoms with Gasteiger partial charge in [-0.15, -0.1) is 0 Å². The number of cyclic esters (lactones) is 1. The molecule has 2 aromatic rings. The number of hydrogen-bond donors (Lipinski definition) is 0. The van der Waals surface area contributed by atoms with Gasteiger partial charge in [-0.3, -0.25) is 0 Å². The molecule has 1 aliphatic heterocycles. The molecule has 122 valence electrons. The average molecular weight is 323 g/mol. The third kappa shape index (κ3) is 3.30. The highest BCUT2D eigenvalue weighted by Crippen LogP contribution is 2.25. The van der Waals surface area contributed by atoms with Crippen LogP contribution in [0.4, 0.5) is 0 Å². The lowest BCUT2D eigenvalue weighted by molar-refractivity contribution is -0.129. The van der Waals surface area contributed by atoms with Gasteiger partial charge in [0.15, 0.2) is 5.70 Å². The number of hydrogen-bond acceptors (Lipinski definition) is 5. The molecule has 2 aromatic carbocycles. The van der Waals surface area contributed by atoms with Crippen LogP contribution < -0.4 is 9.47 Å². The molecule has 0 spiro atoms. The van der Waals surface area contributed by atoms with E-state index in [4.69, 9.17) is 14.2 Å². The first-order chi connectivity index (χ1) is 11.7. The molecular weight excluding hydrogens is 306 g/mol. The Bertz CT molecular complexity index is 806. The van der Waals surface area contributed by atoms with Crippen molar-refractivity contribution < 1.29 is 19.0 Å². The zero-order valence-electron chi connectivity index (χ0n) is 13.5. The normalized spacial score (nSPS) is 15.2. The number of carbonyl (C=O) groups is 1. The van der Waals surface area contributed by atoms with Gasteiger partial charge >= 0.3 is 5.97 Å². The zero-order valence-corrected chi connectivity index (χ0v) is 13.5. The predicted octanol–water partition coefficient (Wildman–Crippen LogP) is 3.44. The molecule has 24 heavy (non-hydrogen) atoms. The topological polar surface area (TPSA) is 57.1 Å². The molecule has 0 amide bonds. The lowest BCUT2D eigenvalue weighted by Gasteiger charge is -2.06. The van der Waals surface area contributed by atoms with Crippen molar-refractivity contribution in [1.29, 1.82) is 0 Å². The highest BCUT2D eigenvalue weighted by atomic mass is 16.6. The Morgan fingerprint density at radius 2 is 1.88 bits per heavy atom. The minimum absolute atomic E-state index is 0.243. The predicted molar refractivity (Wildman–Crippen MR) is 91.2 cm³/mol. The fraction of sp³-hybridized carbons (Fsp3) is 0.158. The van der Waals surface area contributed by atoms with E-state index in [1.807, 2.05) is 31.2 Å². The van der Waals surface area contributed by atoms with Crippen molar-refractivity contribution in [1.82, 2.24) is 0 Å². The van der Waals surface area contributed by atoms with Crippen LogP contribution in [-0.2, 0) is 9.53 Å². The van der Waals surface area contributed by atoms with E-state index in [9.17, 15) is 4.79 Å². The van der Waals surface area contributed by atoms with E-state index < -0.39 is 5.97 Å². The Morgan fingerprint density at radius 3 is 2.58 bits per heavy atom. The van der Waals surface area contributed by atoms with Crippen LogP contribution in [-0.4, -0.2) is 25.6 Å². The van der Waals surface area contributed by atoms with Gasteiger partial charge in [-0.2, -0.15) is 0 Å². The summed E-state index contributed by atoms with van der Waals surface area (Å²) in [7, 11) is 1.60. The molecule has 0 fully saturated rings. The standard InChI is InChI=1S/C19H17NO4/c1-3-23-17-7-5-4-6-14(17)12-16-19(21)24-18(20-16)13-8-10-15(22-2)11-9-13/h4-12H,3H2,1-2H3. The van der Waals surface area contributed by atoms with Crippen molar-refractivity contribution in [2.45, 2.75) is 6.92 Å². The monoisotopic (exact) mass is 323 g/mol. The van der Waals surface area contributed by atoms with E-state index in [2.05, 4.69) is 4.99 Å². The van der Waals surface area contributed by atoms with Gasteiger partial charge < -0.3 is 14.2 Å². The molecule has 0 saturated heterocycles. The summed E-state index contributed by atoms with van der Waals surface area (Å²) in [6.07, 6.45) is 1.67. The van der Waals surface area contributed by atoms with Gasteiger partial charge in [0.2, 0.25) is 5.90 Å². The summed E-state index contributed by atoms with van der Waals surface area (Å²) in [6, 6.07) is 14.6. The first-order valence-electron chi connectivity index (χ1n) is 7.60. The molecule has 0 saturated carbocycles. The summed E-state index contributed by atoms with van der Waals surface area (Å²) in [4.78, 5) is 16.4. The molecule has 5 heteroatoms. The number of benzene rings is 2. The summed E-state index contributed by atoms with van der Waals surface area (Å²) in [5.74, 6) is 1.23. The van der Waals surface area contributed by atoms with E-state index in [0.717, 1.165) is 11.3 Å². The molecule has 5 nitrogen and oxygen atoms in total. The Morgan fingerprint density at radius 1 is 1.12 bits per heavy atom. The van der Waals surface area contributed by atoms with Gasteiger partial charge in [0, 0.05) is 11.1 Å². The van der Waals surface area contributed by atoms with Crippen LogP contribution in [0.3, 0.4) is 0 Å². The number of nitrogens with zero attached hydrogens (tertiary/aromatic N) is 1. The van der Waals surface area contributed by atoms with Gasteiger partial charge in [-0.05, 0) is 43.3 Å². The molecule has 1 heterocycles. The molecule has 3 rings (SSSR count). The molecule has 0 bridgehead atoms. The van der Waals surface area contributed by atoms with E-state index in [-0.39, 0.29) is 11.6 Å². The number of ether oxygens (including phenoxy) is 3. The molecule has 0 N–H and O–H groups in total. The summed E-state index contributed by atoms with van der Waals surface area (Å²) in [5, 5.41) is 0. The maximum Gasteiger partial charge on any atom is 0.363 e. The van der Waals surface area contributed by atoms with E-state index in [1.54, 1.807) is 37.5 Å². The molecule has 0 atom stereocenters. The second-order valence-corrected chi connectivity index (χ2v) is 5.04. The number of rotatable bonds is 5. The van der Waals surface area contributed by atoms with E-state index in [0.29, 0.717) is 17.9 Å².